The van der Waals surface area contributed by atoms with Crippen LogP contribution in [0.2, 0.25) is 0 Å². The van der Waals surface area contributed by atoms with Crippen LogP contribution >= 0.6 is 0 Å². The Morgan fingerprint density at radius 1 is 1.53 bits per heavy atom. The number of nitrogens with two attached hydrogens (primary N) is 1. The molecule has 0 amide bonds. The lowest BCUT2D eigenvalue weighted by Gasteiger charge is -2.18. The summed E-state index contributed by atoms with van der Waals surface area (Å²) < 4.78 is 0. The van der Waals surface area contributed by atoms with E-state index in [0.29, 0.717) is 6.54 Å². The average Bonchev–Trinajstić information content (AvgIpc) is 2.39. The molecule has 1 rings (SSSR count). The highest BCUT2D eigenvalue weighted by Crippen LogP contribution is 2.15. The zero-order valence-electron chi connectivity index (χ0n) is 10.0. The molecule has 0 aromatic heterocycles. The van der Waals surface area contributed by atoms with Crippen LogP contribution in [0.25, 0.3) is 0 Å². The summed E-state index contributed by atoms with van der Waals surface area (Å²) in [5, 5.41) is 15.2. The van der Waals surface area contributed by atoms with Gasteiger partial charge >= 0.3 is 0 Å². The maximum atomic E-state index is 8.80. The highest BCUT2D eigenvalue weighted by molar-refractivity contribution is 5.87. The second kappa shape index (κ2) is 6.70. The highest BCUT2D eigenvalue weighted by Gasteiger charge is 2.16. The first kappa shape index (κ1) is 13.3. The monoisotopic (exact) mass is 233 g/mol. The van der Waals surface area contributed by atoms with E-state index in [4.69, 9.17) is 10.9 Å². The normalized spacial score (nSPS) is 15.2. The molecule has 2 atom stereocenters. The molecule has 4 N–H and O–H groups in total. The van der Waals surface area contributed by atoms with Gasteiger partial charge in [-0.25, -0.2) is 0 Å². The largest absolute Gasteiger partial charge is 0.409 e. The summed E-state index contributed by atoms with van der Waals surface area (Å²) in [6.45, 7) is 6.31. The molecule has 2 unspecified atom stereocenters. The molecule has 1 aromatic carbocycles. The molecule has 0 aliphatic carbocycles. The van der Waals surface area contributed by atoms with Crippen molar-refractivity contribution in [3.8, 4) is 0 Å². The highest BCUT2D eigenvalue weighted by atomic mass is 16.4. The maximum absolute atomic E-state index is 8.80. The summed E-state index contributed by atoms with van der Waals surface area (Å²) in [7, 11) is 0. The van der Waals surface area contributed by atoms with Crippen molar-refractivity contribution in [2.75, 3.05) is 6.54 Å². The fourth-order valence-electron chi connectivity index (χ4n) is 1.54. The van der Waals surface area contributed by atoms with Crippen molar-refractivity contribution in [3.63, 3.8) is 0 Å². The van der Waals surface area contributed by atoms with E-state index in [2.05, 4.69) is 17.1 Å². The minimum atomic E-state index is -0.136. The topological polar surface area (TPSA) is 70.6 Å². The summed E-state index contributed by atoms with van der Waals surface area (Å²) in [5.41, 5.74) is 6.73. The lowest BCUT2D eigenvalue weighted by molar-refractivity contribution is 0.315. The van der Waals surface area contributed by atoms with E-state index in [1.54, 1.807) is 0 Å². The molecule has 0 aliphatic rings. The Labute approximate surface area is 102 Å². The number of hydrogen-bond donors (Lipinski definition) is 3. The standard InChI is InChI=1S/C13H19N3O/c1-3-10(2)15-9-12(13(14)16-17)11-7-5-4-6-8-11/h3-8,10,12,15,17H,1,9H2,2H3,(H2,14,16). The van der Waals surface area contributed by atoms with Gasteiger partial charge in [0.15, 0.2) is 0 Å². The minimum absolute atomic E-state index is 0.136. The fourth-order valence-corrected chi connectivity index (χ4v) is 1.54. The van der Waals surface area contributed by atoms with Gasteiger partial charge in [-0.1, -0.05) is 41.6 Å². The molecule has 0 spiro atoms. The first-order chi connectivity index (χ1) is 8.19. The lowest BCUT2D eigenvalue weighted by Crippen LogP contribution is -2.35. The van der Waals surface area contributed by atoms with Gasteiger partial charge in [-0.3, -0.25) is 0 Å². The first-order valence-electron chi connectivity index (χ1n) is 5.57. The SMILES string of the molecule is C=CC(C)NCC(/C(N)=N/O)c1ccccc1. The first-order valence-corrected chi connectivity index (χ1v) is 5.57. The van der Waals surface area contributed by atoms with Crippen molar-refractivity contribution >= 4 is 5.84 Å². The molecule has 0 saturated carbocycles. The predicted octanol–water partition coefficient (Wildman–Crippen LogP) is 1.68. The Hall–Kier alpha value is -1.81. The summed E-state index contributed by atoms with van der Waals surface area (Å²) >= 11 is 0. The van der Waals surface area contributed by atoms with Crippen molar-refractivity contribution in [2.24, 2.45) is 10.9 Å². The van der Waals surface area contributed by atoms with E-state index in [0.717, 1.165) is 5.56 Å². The Morgan fingerprint density at radius 3 is 2.71 bits per heavy atom. The van der Waals surface area contributed by atoms with E-state index in [-0.39, 0.29) is 17.8 Å². The molecule has 1 aromatic rings. The fraction of sp³-hybridized carbons (Fsp3) is 0.308. The third-order valence-corrected chi connectivity index (χ3v) is 2.67. The van der Waals surface area contributed by atoms with Crippen LogP contribution in [0.4, 0.5) is 0 Å². The molecule has 0 saturated heterocycles. The smallest absolute Gasteiger partial charge is 0.147 e. The minimum Gasteiger partial charge on any atom is -0.409 e. The maximum Gasteiger partial charge on any atom is 0.147 e. The second-order valence-electron chi connectivity index (χ2n) is 3.92. The number of nitrogens with one attached hydrogen (secondary N) is 1. The summed E-state index contributed by atoms with van der Waals surface area (Å²) in [5.74, 6) is 0.0727. The number of oxime groups is 1. The van der Waals surface area contributed by atoms with Crippen LogP contribution in [0.15, 0.2) is 48.1 Å². The van der Waals surface area contributed by atoms with Crippen LogP contribution in [0.5, 0.6) is 0 Å². The van der Waals surface area contributed by atoms with Gasteiger partial charge in [-0.2, -0.15) is 0 Å². The number of hydrogen-bond acceptors (Lipinski definition) is 3. The quantitative estimate of drug-likeness (QED) is 0.230. The summed E-state index contributed by atoms with van der Waals surface area (Å²) in [6.07, 6.45) is 1.81. The van der Waals surface area contributed by atoms with Gasteiger partial charge in [0.1, 0.15) is 5.84 Å². The number of benzene rings is 1. The number of nitrogens with zero attached hydrogens (tertiary/aromatic N) is 1. The molecule has 92 valence electrons. The molecular formula is C13H19N3O. The summed E-state index contributed by atoms with van der Waals surface area (Å²) in [4.78, 5) is 0. The summed E-state index contributed by atoms with van der Waals surface area (Å²) in [6, 6.07) is 9.92. The Bertz CT molecular complexity index is 376. The molecule has 0 bridgehead atoms. The van der Waals surface area contributed by atoms with E-state index in [1.807, 2.05) is 43.3 Å². The predicted molar refractivity (Wildman–Crippen MR) is 70.3 cm³/mol. The molecule has 0 heterocycles. The van der Waals surface area contributed by atoms with Gasteiger partial charge < -0.3 is 16.3 Å². The molecule has 0 fully saturated rings. The molecule has 0 aliphatic heterocycles. The number of rotatable bonds is 6. The van der Waals surface area contributed by atoms with E-state index >= 15 is 0 Å². The Kier molecular flexibility index (Phi) is 5.23. The van der Waals surface area contributed by atoms with Crippen molar-refractivity contribution < 1.29 is 5.21 Å². The molecule has 4 heteroatoms. The lowest BCUT2D eigenvalue weighted by atomic mass is 9.98. The van der Waals surface area contributed by atoms with Gasteiger partial charge in [-0.15, -0.1) is 6.58 Å². The second-order valence-corrected chi connectivity index (χ2v) is 3.92. The third-order valence-electron chi connectivity index (χ3n) is 2.67. The Balaban J connectivity index is 2.79. The van der Waals surface area contributed by atoms with Crippen molar-refractivity contribution in [1.82, 2.24) is 5.32 Å². The van der Waals surface area contributed by atoms with Crippen LogP contribution in [-0.2, 0) is 0 Å². The molecule has 17 heavy (non-hydrogen) atoms. The van der Waals surface area contributed by atoms with E-state index in [9.17, 15) is 0 Å². The zero-order valence-corrected chi connectivity index (χ0v) is 10.0. The van der Waals surface area contributed by atoms with Crippen LogP contribution in [0, 0.1) is 0 Å². The average molecular weight is 233 g/mol. The molecular weight excluding hydrogens is 214 g/mol. The molecule has 0 radical (unpaired) electrons. The van der Waals surface area contributed by atoms with Crippen LogP contribution in [-0.4, -0.2) is 23.6 Å². The van der Waals surface area contributed by atoms with Crippen molar-refractivity contribution in [2.45, 2.75) is 18.9 Å². The van der Waals surface area contributed by atoms with Crippen LogP contribution < -0.4 is 11.1 Å². The molecule has 4 nitrogen and oxygen atoms in total. The van der Waals surface area contributed by atoms with Gasteiger partial charge in [0.05, 0.1) is 5.92 Å². The van der Waals surface area contributed by atoms with Crippen LogP contribution in [0.1, 0.15) is 18.4 Å². The van der Waals surface area contributed by atoms with Crippen molar-refractivity contribution in [3.05, 3.63) is 48.6 Å². The van der Waals surface area contributed by atoms with Gasteiger partial charge in [0.25, 0.3) is 0 Å². The number of amidine groups is 1. The zero-order chi connectivity index (χ0) is 12.7. The van der Waals surface area contributed by atoms with Gasteiger partial charge in [0, 0.05) is 12.6 Å². The third kappa shape index (κ3) is 3.92. The van der Waals surface area contributed by atoms with Crippen LogP contribution in [0.3, 0.4) is 0 Å². The Morgan fingerprint density at radius 2 is 2.18 bits per heavy atom. The van der Waals surface area contributed by atoms with E-state index < -0.39 is 0 Å². The van der Waals surface area contributed by atoms with Crippen molar-refractivity contribution in [1.29, 1.82) is 0 Å². The van der Waals surface area contributed by atoms with Gasteiger partial charge in [0.2, 0.25) is 0 Å². The van der Waals surface area contributed by atoms with Gasteiger partial charge in [-0.05, 0) is 12.5 Å². The van der Waals surface area contributed by atoms with E-state index in [1.165, 1.54) is 0 Å².